The Labute approximate surface area is 143 Å². The predicted molar refractivity (Wildman–Crippen MR) is 89.4 cm³/mol. The van der Waals surface area contributed by atoms with Crippen LogP contribution in [0.15, 0.2) is 0 Å². The van der Waals surface area contributed by atoms with Crippen LogP contribution in [0.3, 0.4) is 0 Å². The van der Waals surface area contributed by atoms with E-state index in [9.17, 15) is 0 Å². The van der Waals surface area contributed by atoms with Gasteiger partial charge in [-0.3, -0.25) is 0 Å². The summed E-state index contributed by atoms with van der Waals surface area (Å²) < 4.78 is 0. The third kappa shape index (κ3) is 231. The van der Waals surface area contributed by atoms with Crippen molar-refractivity contribution in [3.05, 3.63) is 22.5 Å². The molecule has 2 nitrogen and oxygen atoms in total. The minimum absolute atomic E-state index is 0. The topological polar surface area (TPSA) is 28.2 Å². The fourth-order valence-electron chi connectivity index (χ4n) is 0.447. The molecular weight excluding hydrogens is 399 g/mol. The minimum Gasteiger partial charge on any atom is -0.663 e. The summed E-state index contributed by atoms with van der Waals surface area (Å²) in [7, 11) is 0. The first-order valence-corrected chi connectivity index (χ1v) is 7.09. The van der Waals surface area contributed by atoms with Crippen molar-refractivity contribution in [3.63, 3.8) is 0 Å². The van der Waals surface area contributed by atoms with Crippen molar-refractivity contribution in [2.75, 3.05) is 26.2 Å². The summed E-state index contributed by atoms with van der Waals surface area (Å²) in [5.41, 5.74) is 0. The molecule has 3 heteroatoms. The Hall–Kier alpha value is 0.790. The van der Waals surface area contributed by atoms with E-state index in [1.54, 1.807) is 0 Å². The molecule has 0 aromatic heterocycles. The summed E-state index contributed by atoms with van der Waals surface area (Å²) in [4.78, 5) is 0. The molecule has 0 N–H and O–H groups in total. The molecule has 0 heterocycles. The van der Waals surface area contributed by atoms with Crippen LogP contribution in [0, 0.1) is 11.8 Å². The van der Waals surface area contributed by atoms with Gasteiger partial charge in [-0.25, -0.2) is 0 Å². The zero-order chi connectivity index (χ0) is 15.4. The molecule has 19 heavy (non-hydrogen) atoms. The average Bonchev–Trinajstić information content (AvgIpc) is 2.19. The van der Waals surface area contributed by atoms with Crippen molar-refractivity contribution >= 4 is 0 Å². The first-order valence-electron chi connectivity index (χ1n) is 7.09. The van der Waals surface area contributed by atoms with Gasteiger partial charge in [0, 0.05) is 0 Å². The number of rotatable bonds is 4. The van der Waals surface area contributed by atoms with E-state index < -0.39 is 0 Å². The first-order chi connectivity index (χ1) is 8.29. The van der Waals surface area contributed by atoms with E-state index in [4.69, 9.17) is 0 Å². The van der Waals surface area contributed by atoms with Gasteiger partial charge in [-0.05, 0) is 0 Å². The summed E-state index contributed by atoms with van der Waals surface area (Å²) in [6.07, 6.45) is 0. The monoisotopic (exact) mass is 438 g/mol. The van der Waals surface area contributed by atoms with Crippen molar-refractivity contribution in [3.8, 4) is 0 Å². The summed E-state index contributed by atoms with van der Waals surface area (Å²) in [5, 5.41) is 7.94. The number of nitrogens with zero attached hydrogens (tertiary/aromatic N) is 2. The summed E-state index contributed by atoms with van der Waals surface area (Å²) in [5.74, 6) is 2.83. The van der Waals surface area contributed by atoms with E-state index in [0.29, 0.717) is 0 Å². The normalized spacial score (nSPS) is 8.21. The molecule has 0 radical (unpaired) electrons. The van der Waals surface area contributed by atoms with Crippen LogP contribution in [-0.2, 0) is 25.8 Å². The van der Waals surface area contributed by atoms with E-state index in [0.717, 1.165) is 26.2 Å². The maximum absolute atomic E-state index is 3.97. The molecule has 0 unspecified atom stereocenters. The molecule has 0 aliphatic heterocycles. The molecule has 0 spiro atoms. The van der Waals surface area contributed by atoms with Gasteiger partial charge in [0.15, 0.2) is 0 Å². The molecule has 0 aromatic rings. The Bertz CT molecular complexity index is 75.2. The van der Waals surface area contributed by atoms with Crippen molar-refractivity contribution in [1.82, 2.24) is 0 Å². The van der Waals surface area contributed by atoms with Crippen molar-refractivity contribution < 1.29 is 25.8 Å². The molecule has 0 bridgehead atoms. The van der Waals surface area contributed by atoms with E-state index >= 15 is 0 Å². The number of hydrogen-bond donors (Lipinski definition) is 0. The maximum atomic E-state index is 3.97. The van der Waals surface area contributed by atoms with Crippen LogP contribution >= 0.6 is 0 Å². The van der Waals surface area contributed by atoms with Crippen LogP contribution < -0.4 is 0 Å². The van der Waals surface area contributed by atoms with Crippen molar-refractivity contribution in [1.29, 1.82) is 0 Å². The molecule has 0 saturated carbocycles. The second-order valence-electron chi connectivity index (χ2n) is 4.71. The van der Waals surface area contributed by atoms with Crippen LogP contribution in [0.5, 0.6) is 0 Å². The van der Waals surface area contributed by atoms with Gasteiger partial charge in [-0.1, -0.05) is 27.7 Å². The maximum Gasteiger partial charge on any atom is 4.00 e. The predicted octanol–water partition coefficient (Wildman–Crippen LogP) is 6.04. The zero-order valence-corrected chi connectivity index (χ0v) is 18.8. The molecule has 0 aliphatic carbocycles. The largest absolute Gasteiger partial charge is 4.00 e. The van der Waals surface area contributed by atoms with Crippen LogP contribution in [0.25, 0.3) is 10.6 Å². The Morgan fingerprint density at radius 3 is 0.632 bits per heavy atom. The van der Waals surface area contributed by atoms with Gasteiger partial charge in [0.1, 0.15) is 0 Å². The molecule has 0 aromatic carbocycles. The van der Waals surface area contributed by atoms with E-state index in [1.807, 2.05) is 27.7 Å². The van der Waals surface area contributed by atoms with Crippen LogP contribution in [-0.4, -0.2) is 26.2 Å². The molecule has 0 saturated heterocycles. The van der Waals surface area contributed by atoms with Gasteiger partial charge in [0.25, 0.3) is 0 Å². The van der Waals surface area contributed by atoms with Gasteiger partial charge in [-0.2, -0.15) is 67.7 Å². The Kier molecular flexibility index (Phi) is 61.1. The van der Waals surface area contributed by atoms with Gasteiger partial charge >= 0.3 is 25.8 Å². The van der Waals surface area contributed by atoms with Crippen LogP contribution in [0.4, 0.5) is 0 Å². The molecule has 0 amide bonds. The van der Waals surface area contributed by atoms with E-state index in [1.165, 1.54) is 11.8 Å². The van der Waals surface area contributed by atoms with Gasteiger partial charge in [0.05, 0.1) is 0 Å². The van der Waals surface area contributed by atoms with E-state index in [-0.39, 0.29) is 25.8 Å². The number of hydrogen-bond acceptors (Lipinski definition) is 0. The minimum atomic E-state index is 0. The fourth-order valence-corrected chi connectivity index (χ4v) is 0.447. The van der Waals surface area contributed by atoms with Gasteiger partial charge < -0.3 is 22.5 Å². The second-order valence-corrected chi connectivity index (χ2v) is 4.71. The average molecular weight is 437 g/mol. The summed E-state index contributed by atoms with van der Waals surface area (Å²) in [6, 6.07) is 0. The standard InChI is InChI=1S/2C4H10N.2C4H9.Hf/c2*1-3-5-4-2;2*1-4(2)3;/h2*3-4H2,1-2H3;2*1-3H3;/q4*-1;+4. The third-order valence-electron chi connectivity index (χ3n) is 0.894. The molecule has 0 aliphatic rings. The fraction of sp³-hybridized carbons (Fsp3) is 0.875. The quantitative estimate of drug-likeness (QED) is 0.379. The van der Waals surface area contributed by atoms with Crippen LogP contribution in [0.2, 0.25) is 0 Å². The van der Waals surface area contributed by atoms with E-state index in [2.05, 4.69) is 52.2 Å². The van der Waals surface area contributed by atoms with Gasteiger partial charge in [0.2, 0.25) is 0 Å². The molecular formula is C16H38HfN2. The summed E-state index contributed by atoms with van der Waals surface area (Å²) >= 11 is 0. The molecule has 0 rings (SSSR count). The third-order valence-corrected chi connectivity index (χ3v) is 0.894. The van der Waals surface area contributed by atoms with Crippen molar-refractivity contribution in [2.45, 2.75) is 69.2 Å². The van der Waals surface area contributed by atoms with Crippen molar-refractivity contribution in [2.24, 2.45) is 0 Å². The Balaban J connectivity index is -0.0000000453. The van der Waals surface area contributed by atoms with Crippen LogP contribution in [0.1, 0.15) is 69.2 Å². The second kappa shape index (κ2) is 36.4. The zero-order valence-electron chi connectivity index (χ0n) is 15.2. The Morgan fingerprint density at radius 1 is 0.526 bits per heavy atom. The molecule has 0 fully saturated rings. The first kappa shape index (κ1) is 31.9. The summed E-state index contributed by atoms with van der Waals surface area (Å²) in [6.45, 7) is 24.6. The smallest absolute Gasteiger partial charge is 0.663 e. The SMILES string of the molecule is CC[N-]CC.CC[N-]CC.C[C-](C)C.C[C-](C)C.[Hf+4]. The Morgan fingerprint density at radius 2 is 0.632 bits per heavy atom. The van der Waals surface area contributed by atoms with Gasteiger partial charge in [-0.15, -0.1) is 0 Å². The molecule has 0 atom stereocenters. The molecule has 116 valence electrons.